The van der Waals surface area contributed by atoms with E-state index in [0.717, 1.165) is 17.7 Å². The molecule has 7 heteroatoms. The number of nitrogens with one attached hydrogen (secondary N) is 1. The highest BCUT2D eigenvalue weighted by molar-refractivity contribution is 7.92. The number of carbonyl (C=O) groups is 1. The summed E-state index contributed by atoms with van der Waals surface area (Å²) in [6.45, 7) is 0.620. The highest BCUT2D eigenvalue weighted by atomic mass is 32.2. The molecule has 1 amide bonds. The molecule has 1 N–H and O–H groups in total. The van der Waals surface area contributed by atoms with Crippen LogP contribution in [-0.4, -0.2) is 28.0 Å². The minimum absolute atomic E-state index is 0.101. The maximum Gasteiger partial charge on any atom is 0.264 e. The second kappa shape index (κ2) is 7.60. The Balaban J connectivity index is 1.56. The fourth-order valence-corrected chi connectivity index (χ4v) is 4.44. The van der Waals surface area contributed by atoms with E-state index in [0.29, 0.717) is 23.5 Å². The second-order valence-corrected chi connectivity index (χ2v) is 8.68. The van der Waals surface area contributed by atoms with Crippen LogP contribution in [0.3, 0.4) is 0 Å². The van der Waals surface area contributed by atoms with Crippen LogP contribution in [0.25, 0.3) is 0 Å². The molecule has 0 radical (unpaired) electrons. The molecule has 1 aliphatic rings. The van der Waals surface area contributed by atoms with Crippen LogP contribution in [0.15, 0.2) is 77.7 Å². The average Bonchev–Trinajstić information content (AvgIpc) is 3.22. The fourth-order valence-electron chi connectivity index (χ4n) is 3.20. The Morgan fingerprint density at radius 2 is 1.79 bits per heavy atom. The molecule has 0 saturated heterocycles. The number of ether oxygens (including phenoxy) is 1. The van der Waals surface area contributed by atoms with Gasteiger partial charge in [-0.15, -0.1) is 0 Å². The first-order valence-electron chi connectivity index (χ1n) is 9.16. The topological polar surface area (TPSA) is 75.7 Å². The SMILES string of the molecule is CN(c1ccccc1)S(=O)(=O)c1cccc(NC(=O)c2ccc3c(c2)CCO3)c1. The normalized spacial score (nSPS) is 12.7. The van der Waals surface area contributed by atoms with E-state index >= 15 is 0 Å². The van der Waals surface area contributed by atoms with E-state index in [-0.39, 0.29) is 10.8 Å². The number of sulfonamides is 1. The van der Waals surface area contributed by atoms with Crippen molar-refractivity contribution in [3.63, 3.8) is 0 Å². The van der Waals surface area contributed by atoms with Crippen molar-refractivity contribution >= 4 is 27.3 Å². The van der Waals surface area contributed by atoms with Gasteiger partial charge >= 0.3 is 0 Å². The van der Waals surface area contributed by atoms with Gasteiger partial charge in [0.2, 0.25) is 0 Å². The van der Waals surface area contributed by atoms with Crippen molar-refractivity contribution in [2.24, 2.45) is 0 Å². The van der Waals surface area contributed by atoms with E-state index in [1.165, 1.54) is 23.5 Å². The highest BCUT2D eigenvalue weighted by Gasteiger charge is 2.22. The molecule has 4 rings (SSSR count). The third-order valence-electron chi connectivity index (χ3n) is 4.82. The Morgan fingerprint density at radius 3 is 2.59 bits per heavy atom. The molecule has 1 heterocycles. The second-order valence-electron chi connectivity index (χ2n) is 6.71. The summed E-state index contributed by atoms with van der Waals surface area (Å²) in [6, 6.07) is 20.4. The quantitative estimate of drug-likeness (QED) is 0.699. The number of carbonyl (C=O) groups excluding carboxylic acids is 1. The number of fused-ring (bicyclic) bond motifs is 1. The zero-order valence-electron chi connectivity index (χ0n) is 15.8. The van der Waals surface area contributed by atoms with Crippen molar-refractivity contribution in [1.82, 2.24) is 0 Å². The van der Waals surface area contributed by atoms with E-state index in [1.807, 2.05) is 6.07 Å². The van der Waals surface area contributed by atoms with Gasteiger partial charge in [-0.3, -0.25) is 9.10 Å². The average molecular weight is 408 g/mol. The summed E-state index contributed by atoms with van der Waals surface area (Å²) >= 11 is 0. The standard InChI is InChI=1S/C22H20N2O4S/c1-24(19-7-3-2-4-8-19)29(26,27)20-9-5-6-18(15-20)23-22(25)17-10-11-21-16(14-17)12-13-28-21/h2-11,14-15H,12-13H2,1H3,(H,23,25). The number of para-hydroxylation sites is 1. The van der Waals surface area contributed by atoms with E-state index in [4.69, 9.17) is 4.74 Å². The molecule has 29 heavy (non-hydrogen) atoms. The fraction of sp³-hybridized carbons (Fsp3) is 0.136. The lowest BCUT2D eigenvalue weighted by molar-refractivity contribution is 0.102. The van der Waals surface area contributed by atoms with Gasteiger partial charge in [0.1, 0.15) is 5.75 Å². The van der Waals surface area contributed by atoms with Crippen molar-refractivity contribution in [1.29, 1.82) is 0 Å². The van der Waals surface area contributed by atoms with Crippen LogP contribution in [-0.2, 0) is 16.4 Å². The zero-order chi connectivity index (χ0) is 20.4. The van der Waals surface area contributed by atoms with Crippen molar-refractivity contribution in [2.45, 2.75) is 11.3 Å². The van der Waals surface area contributed by atoms with Crippen LogP contribution in [0.1, 0.15) is 15.9 Å². The van der Waals surface area contributed by atoms with Crippen LogP contribution in [0.5, 0.6) is 5.75 Å². The molecular formula is C22H20N2O4S. The van der Waals surface area contributed by atoms with Gasteiger partial charge in [0.25, 0.3) is 15.9 Å². The molecule has 6 nitrogen and oxygen atoms in total. The molecule has 0 unspecified atom stereocenters. The minimum Gasteiger partial charge on any atom is -0.493 e. The molecule has 3 aromatic carbocycles. The number of benzene rings is 3. The summed E-state index contributed by atoms with van der Waals surface area (Å²) in [4.78, 5) is 12.7. The summed E-state index contributed by atoms with van der Waals surface area (Å²) < 4.78 is 32.6. The number of anilines is 2. The van der Waals surface area contributed by atoms with Crippen LogP contribution < -0.4 is 14.4 Å². The molecule has 0 bridgehead atoms. The lowest BCUT2D eigenvalue weighted by Gasteiger charge is -2.20. The van der Waals surface area contributed by atoms with E-state index in [9.17, 15) is 13.2 Å². The highest BCUT2D eigenvalue weighted by Crippen LogP contribution is 2.27. The van der Waals surface area contributed by atoms with Gasteiger partial charge in [0.05, 0.1) is 17.2 Å². The Labute approximate surface area is 169 Å². The molecule has 0 aliphatic carbocycles. The predicted molar refractivity (Wildman–Crippen MR) is 112 cm³/mol. The molecule has 148 valence electrons. The first-order chi connectivity index (χ1) is 13.9. The van der Waals surface area contributed by atoms with E-state index in [2.05, 4.69) is 5.32 Å². The maximum absolute atomic E-state index is 13.0. The number of hydrogen-bond acceptors (Lipinski definition) is 4. The van der Waals surface area contributed by atoms with Crippen LogP contribution in [0, 0.1) is 0 Å². The molecule has 0 spiro atoms. The molecule has 0 fully saturated rings. The summed E-state index contributed by atoms with van der Waals surface area (Å²) in [5.41, 5.74) is 2.47. The van der Waals surface area contributed by atoms with Crippen molar-refractivity contribution in [3.05, 3.63) is 83.9 Å². The van der Waals surface area contributed by atoms with Gasteiger partial charge in [0.15, 0.2) is 0 Å². The Morgan fingerprint density at radius 1 is 1.00 bits per heavy atom. The first kappa shape index (κ1) is 19.0. The van der Waals surface area contributed by atoms with Gasteiger partial charge in [-0.25, -0.2) is 8.42 Å². The first-order valence-corrected chi connectivity index (χ1v) is 10.6. The van der Waals surface area contributed by atoms with Crippen LogP contribution in [0.4, 0.5) is 11.4 Å². The summed E-state index contributed by atoms with van der Waals surface area (Å²) in [7, 11) is -2.25. The summed E-state index contributed by atoms with van der Waals surface area (Å²) in [5, 5.41) is 2.78. The van der Waals surface area contributed by atoms with Gasteiger partial charge in [-0.2, -0.15) is 0 Å². The van der Waals surface area contributed by atoms with Crippen molar-refractivity contribution in [3.8, 4) is 5.75 Å². The van der Waals surface area contributed by atoms with Crippen LogP contribution in [0.2, 0.25) is 0 Å². The summed E-state index contributed by atoms with van der Waals surface area (Å²) in [5.74, 6) is 0.504. The molecule has 3 aromatic rings. The molecule has 0 aromatic heterocycles. The zero-order valence-corrected chi connectivity index (χ0v) is 16.6. The number of hydrogen-bond donors (Lipinski definition) is 1. The van der Waals surface area contributed by atoms with Gasteiger partial charge in [0, 0.05) is 24.7 Å². The number of rotatable bonds is 5. The van der Waals surface area contributed by atoms with E-state index in [1.54, 1.807) is 54.6 Å². The Kier molecular flexibility index (Phi) is 4.98. The van der Waals surface area contributed by atoms with Crippen molar-refractivity contribution < 1.29 is 17.9 Å². The maximum atomic E-state index is 13.0. The lowest BCUT2D eigenvalue weighted by atomic mass is 10.1. The van der Waals surface area contributed by atoms with Gasteiger partial charge < -0.3 is 10.1 Å². The number of nitrogens with zero attached hydrogens (tertiary/aromatic N) is 1. The molecular weight excluding hydrogens is 388 g/mol. The molecule has 1 aliphatic heterocycles. The Bertz CT molecular complexity index is 1160. The predicted octanol–water partition coefficient (Wildman–Crippen LogP) is 3.70. The van der Waals surface area contributed by atoms with E-state index < -0.39 is 10.0 Å². The summed E-state index contributed by atoms with van der Waals surface area (Å²) in [6.07, 6.45) is 0.774. The number of amides is 1. The van der Waals surface area contributed by atoms with Crippen molar-refractivity contribution in [2.75, 3.05) is 23.3 Å². The minimum atomic E-state index is -3.76. The molecule has 0 atom stereocenters. The molecule has 0 saturated carbocycles. The van der Waals surface area contributed by atoms with Crippen LogP contribution >= 0.6 is 0 Å². The lowest BCUT2D eigenvalue weighted by Crippen LogP contribution is -2.26. The monoisotopic (exact) mass is 408 g/mol. The van der Waals surface area contributed by atoms with Gasteiger partial charge in [-0.1, -0.05) is 24.3 Å². The van der Waals surface area contributed by atoms with Gasteiger partial charge in [-0.05, 0) is 54.1 Å². The third kappa shape index (κ3) is 3.82. The smallest absolute Gasteiger partial charge is 0.264 e. The Hall–Kier alpha value is -3.32. The third-order valence-corrected chi connectivity index (χ3v) is 6.60. The largest absolute Gasteiger partial charge is 0.493 e.